The topological polar surface area (TPSA) is 55.4 Å². The van der Waals surface area contributed by atoms with Crippen molar-refractivity contribution in [1.82, 2.24) is 5.32 Å². The number of halogens is 1. The predicted octanol–water partition coefficient (Wildman–Crippen LogP) is 3.21. The highest BCUT2D eigenvalue weighted by molar-refractivity contribution is 7.92. The fraction of sp³-hybridized carbons (Fsp3) is 0.600. The van der Waals surface area contributed by atoms with Gasteiger partial charge in [-0.05, 0) is 52.4 Å². The van der Waals surface area contributed by atoms with E-state index < -0.39 is 14.6 Å². The summed E-state index contributed by atoms with van der Waals surface area (Å²) in [6, 6.07) is 5.71. The summed E-state index contributed by atoms with van der Waals surface area (Å²) >= 11 is 6.17. The third-order valence-corrected chi connectivity index (χ3v) is 6.30. The third-order valence-electron chi connectivity index (χ3n) is 3.43. The molecule has 0 aromatic heterocycles. The van der Waals surface area contributed by atoms with Crippen molar-refractivity contribution in [2.75, 3.05) is 19.4 Å². The van der Waals surface area contributed by atoms with Gasteiger partial charge < -0.3 is 10.1 Å². The van der Waals surface area contributed by atoms with Gasteiger partial charge in [0.1, 0.15) is 12.4 Å². The largest absolute Gasteiger partial charge is 0.491 e. The molecule has 1 rings (SSSR count). The second kappa shape index (κ2) is 6.99. The molecule has 1 atom stereocenters. The second-order valence-corrected chi connectivity index (χ2v) is 9.25. The first-order valence-corrected chi connectivity index (χ1v) is 8.93. The van der Waals surface area contributed by atoms with Crippen LogP contribution in [0.4, 0.5) is 0 Å². The standard InChI is InChI=1S/C15H24ClNO3S/c1-11(17-5)12-6-7-14(13(16)10-12)20-8-9-21(18,19)15(2,3)4/h6-7,10-11,17H,8-9H2,1-5H3. The first-order chi connectivity index (χ1) is 9.58. The van der Waals surface area contributed by atoms with Crippen LogP contribution in [-0.2, 0) is 9.84 Å². The first-order valence-electron chi connectivity index (χ1n) is 6.90. The molecule has 1 unspecified atom stereocenters. The van der Waals surface area contributed by atoms with Gasteiger partial charge in [0.2, 0.25) is 0 Å². The lowest BCUT2D eigenvalue weighted by Crippen LogP contribution is -2.32. The minimum absolute atomic E-state index is 0.0263. The van der Waals surface area contributed by atoms with E-state index >= 15 is 0 Å². The quantitative estimate of drug-likeness (QED) is 0.868. The van der Waals surface area contributed by atoms with Gasteiger partial charge in [0.25, 0.3) is 0 Å². The number of hydrogen-bond donors (Lipinski definition) is 1. The molecule has 120 valence electrons. The van der Waals surface area contributed by atoms with Crippen molar-refractivity contribution < 1.29 is 13.2 Å². The van der Waals surface area contributed by atoms with E-state index in [9.17, 15) is 8.42 Å². The van der Waals surface area contributed by atoms with E-state index in [4.69, 9.17) is 16.3 Å². The lowest BCUT2D eigenvalue weighted by Gasteiger charge is -2.19. The van der Waals surface area contributed by atoms with E-state index in [0.29, 0.717) is 10.8 Å². The summed E-state index contributed by atoms with van der Waals surface area (Å²) in [6.45, 7) is 7.18. The van der Waals surface area contributed by atoms with Crippen molar-refractivity contribution >= 4 is 21.4 Å². The summed E-state index contributed by atoms with van der Waals surface area (Å²) in [5.41, 5.74) is 1.05. The molecule has 6 heteroatoms. The van der Waals surface area contributed by atoms with Gasteiger partial charge in [-0.2, -0.15) is 0 Å². The highest BCUT2D eigenvalue weighted by atomic mass is 35.5. The Kier molecular flexibility index (Phi) is 6.08. The smallest absolute Gasteiger partial charge is 0.158 e. The van der Waals surface area contributed by atoms with Gasteiger partial charge in [0.15, 0.2) is 9.84 Å². The molecule has 4 nitrogen and oxygen atoms in total. The molecule has 1 N–H and O–H groups in total. The highest BCUT2D eigenvalue weighted by Crippen LogP contribution is 2.28. The van der Waals surface area contributed by atoms with Crippen molar-refractivity contribution in [1.29, 1.82) is 0 Å². The highest BCUT2D eigenvalue weighted by Gasteiger charge is 2.28. The third kappa shape index (κ3) is 4.87. The fourth-order valence-corrected chi connectivity index (χ4v) is 2.80. The van der Waals surface area contributed by atoms with Crippen LogP contribution in [0.3, 0.4) is 0 Å². The molecule has 0 amide bonds. The molecule has 0 fully saturated rings. The molecule has 0 heterocycles. The zero-order valence-corrected chi connectivity index (χ0v) is 14.8. The van der Waals surface area contributed by atoms with Gasteiger partial charge in [-0.15, -0.1) is 0 Å². The summed E-state index contributed by atoms with van der Waals surface area (Å²) in [6.07, 6.45) is 0. The summed E-state index contributed by atoms with van der Waals surface area (Å²) < 4.78 is 28.7. The second-order valence-electron chi connectivity index (χ2n) is 5.98. The Morgan fingerprint density at radius 1 is 1.33 bits per heavy atom. The molecule has 0 saturated heterocycles. The fourth-order valence-electron chi connectivity index (χ4n) is 1.64. The van der Waals surface area contributed by atoms with Crippen LogP contribution in [0, 0.1) is 0 Å². The average molecular weight is 334 g/mol. The molecule has 0 saturated carbocycles. The van der Waals surface area contributed by atoms with E-state index in [0.717, 1.165) is 5.56 Å². The molecule has 1 aromatic rings. The SMILES string of the molecule is CNC(C)c1ccc(OCCS(=O)(=O)C(C)(C)C)c(Cl)c1. The van der Waals surface area contributed by atoms with Gasteiger partial charge in [0, 0.05) is 6.04 Å². The van der Waals surface area contributed by atoms with E-state index in [1.165, 1.54) is 0 Å². The van der Waals surface area contributed by atoms with Crippen LogP contribution in [-0.4, -0.2) is 32.6 Å². The number of rotatable bonds is 6. The maximum Gasteiger partial charge on any atom is 0.158 e. The summed E-state index contributed by atoms with van der Waals surface area (Å²) in [4.78, 5) is 0. The molecule has 0 radical (unpaired) electrons. The zero-order valence-electron chi connectivity index (χ0n) is 13.2. The zero-order chi connectivity index (χ0) is 16.3. The molecule has 0 aliphatic rings. The van der Waals surface area contributed by atoms with E-state index in [-0.39, 0.29) is 18.4 Å². The Morgan fingerprint density at radius 3 is 2.43 bits per heavy atom. The van der Waals surface area contributed by atoms with E-state index in [1.54, 1.807) is 26.8 Å². The molecule has 0 spiro atoms. The lowest BCUT2D eigenvalue weighted by atomic mass is 10.1. The summed E-state index contributed by atoms with van der Waals surface area (Å²) in [7, 11) is -1.31. The minimum atomic E-state index is -3.18. The summed E-state index contributed by atoms with van der Waals surface area (Å²) in [5, 5.41) is 3.62. The molecule has 21 heavy (non-hydrogen) atoms. The van der Waals surface area contributed by atoms with Crippen LogP contribution in [0.15, 0.2) is 18.2 Å². The molecule has 0 aliphatic carbocycles. The number of sulfone groups is 1. The maximum absolute atomic E-state index is 12.0. The van der Waals surface area contributed by atoms with Crippen molar-refractivity contribution in [3.05, 3.63) is 28.8 Å². The molecule has 1 aromatic carbocycles. The first kappa shape index (κ1) is 18.3. The molecule has 0 aliphatic heterocycles. The normalized spacial score (nSPS) is 14.0. The van der Waals surface area contributed by atoms with Crippen LogP contribution in [0.25, 0.3) is 0 Å². The van der Waals surface area contributed by atoms with Crippen LogP contribution < -0.4 is 10.1 Å². The van der Waals surface area contributed by atoms with Gasteiger partial charge in [0.05, 0.1) is 15.5 Å². The number of benzene rings is 1. The van der Waals surface area contributed by atoms with Gasteiger partial charge in [-0.25, -0.2) is 8.42 Å². The summed E-state index contributed by atoms with van der Waals surface area (Å²) in [5.74, 6) is 0.481. The van der Waals surface area contributed by atoms with Gasteiger partial charge >= 0.3 is 0 Å². The number of hydrogen-bond acceptors (Lipinski definition) is 4. The van der Waals surface area contributed by atoms with Crippen molar-refractivity contribution in [2.45, 2.75) is 38.5 Å². The Labute approximate surface area is 132 Å². The van der Waals surface area contributed by atoms with E-state index in [1.807, 2.05) is 26.1 Å². The Morgan fingerprint density at radius 2 is 1.95 bits per heavy atom. The Hall–Kier alpha value is -0.780. The van der Waals surface area contributed by atoms with Gasteiger partial charge in [-0.1, -0.05) is 17.7 Å². The van der Waals surface area contributed by atoms with Crippen LogP contribution >= 0.6 is 11.6 Å². The molecule has 0 bridgehead atoms. The van der Waals surface area contributed by atoms with Crippen molar-refractivity contribution in [3.63, 3.8) is 0 Å². The minimum Gasteiger partial charge on any atom is -0.491 e. The van der Waals surface area contributed by atoms with Crippen LogP contribution in [0.5, 0.6) is 5.75 Å². The molecular weight excluding hydrogens is 310 g/mol. The monoisotopic (exact) mass is 333 g/mol. The van der Waals surface area contributed by atoms with Crippen molar-refractivity contribution in [2.24, 2.45) is 0 Å². The van der Waals surface area contributed by atoms with Gasteiger partial charge in [-0.3, -0.25) is 0 Å². The number of nitrogens with one attached hydrogen (secondary N) is 1. The Balaban J connectivity index is 2.70. The van der Waals surface area contributed by atoms with E-state index in [2.05, 4.69) is 5.32 Å². The molecular formula is C15H24ClNO3S. The van der Waals surface area contributed by atoms with Crippen molar-refractivity contribution in [3.8, 4) is 5.75 Å². The average Bonchev–Trinajstić information content (AvgIpc) is 2.38. The van der Waals surface area contributed by atoms with Crippen LogP contribution in [0.1, 0.15) is 39.3 Å². The lowest BCUT2D eigenvalue weighted by molar-refractivity contribution is 0.339. The number of ether oxygens (including phenoxy) is 1. The maximum atomic E-state index is 12.0. The van der Waals surface area contributed by atoms with Crippen LogP contribution in [0.2, 0.25) is 5.02 Å². The predicted molar refractivity (Wildman–Crippen MR) is 88.0 cm³/mol. The Bertz CT molecular complexity index is 579.